The largest absolute Gasteiger partial charge is 0.462 e. The van der Waals surface area contributed by atoms with Crippen molar-refractivity contribution in [2.45, 2.75) is 51.1 Å². The van der Waals surface area contributed by atoms with Crippen molar-refractivity contribution in [3.05, 3.63) is 65.4 Å². The summed E-state index contributed by atoms with van der Waals surface area (Å²) in [5.74, 6) is -2.37. The van der Waals surface area contributed by atoms with E-state index in [1.54, 1.807) is 16.8 Å². The average molecular weight is 648 g/mol. The van der Waals surface area contributed by atoms with Gasteiger partial charge < -0.3 is 24.5 Å². The molecule has 1 N–H and O–H groups in total. The van der Waals surface area contributed by atoms with Crippen LogP contribution in [0.3, 0.4) is 0 Å². The van der Waals surface area contributed by atoms with Crippen LogP contribution in [0.2, 0.25) is 0 Å². The van der Waals surface area contributed by atoms with Crippen LogP contribution in [-0.4, -0.2) is 109 Å². The fourth-order valence-corrected chi connectivity index (χ4v) is 6.68. The maximum Gasteiger partial charge on any atom is 0.318 e. The minimum absolute atomic E-state index is 0.0318. The molecule has 2 fully saturated rings. The summed E-state index contributed by atoms with van der Waals surface area (Å²) in [7, 11) is 3.73. The summed E-state index contributed by atoms with van der Waals surface area (Å²) in [5, 5.41) is 21.1. The number of carbonyl (C=O) groups is 1. The van der Waals surface area contributed by atoms with E-state index >= 15 is 0 Å². The van der Waals surface area contributed by atoms with Crippen molar-refractivity contribution in [2.24, 2.45) is 0 Å². The average Bonchev–Trinajstić information content (AvgIpc) is 3.32. The molecule has 3 aromatic rings. The number of anilines is 2. The Labute approximate surface area is 274 Å². The van der Waals surface area contributed by atoms with Crippen LogP contribution in [0.1, 0.15) is 29.7 Å². The smallest absolute Gasteiger partial charge is 0.318 e. The second-order valence-electron chi connectivity index (χ2n) is 12.5. The Balaban J connectivity index is 1.43. The normalized spacial score (nSPS) is 19.8. The Bertz CT molecular complexity index is 1650. The molecule has 0 unspecified atom stereocenters. The molecule has 5 rings (SSSR count). The number of aromatic nitrogens is 2. The fourth-order valence-electron chi connectivity index (χ4n) is 6.68. The van der Waals surface area contributed by atoms with Crippen molar-refractivity contribution in [3.63, 3.8) is 0 Å². The molecule has 0 saturated carbocycles. The van der Waals surface area contributed by atoms with Crippen LogP contribution >= 0.6 is 0 Å². The number of fused-ring (bicyclic) bond motifs is 1. The third kappa shape index (κ3) is 7.80. The number of nitriles is 1. The van der Waals surface area contributed by atoms with Crippen LogP contribution in [-0.2, 0) is 11.2 Å². The zero-order valence-corrected chi connectivity index (χ0v) is 27.5. The molecule has 0 radical (unpaired) electrons. The molecule has 3 heterocycles. The number of hydrogen-bond donors (Lipinski definition) is 1. The Kier molecular flexibility index (Phi) is 10.6. The van der Waals surface area contributed by atoms with Crippen molar-refractivity contribution < 1.29 is 23.4 Å². The van der Waals surface area contributed by atoms with Gasteiger partial charge in [0.2, 0.25) is 5.91 Å². The van der Waals surface area contributed by atoms with E-state index in [1.807, 2.05) is 6.92 Å². The Morgan fingerprint density at radius 1 is 1.19 bits per heavy atom. The Morgan fingerprint density at radius 3 is 2.66 bits per heavy atom. The molecule has 2 aliphatic rings. The van der Waals surface area contributed by atoms with Gasteiger partial charge in [-0.15, -0.1) is 0 Å². The van der Waals surface area contributed by atoms with E-state index in [2.05, 4.69) is 71.2 Å². The quantitative estimate of drug-likeness (QED) is 0.308. The van der Waals surface area contributed by atoms with E-state index in [0.29, 0.717) is 38.4 Å². The van der Waals surface area contributed by atoms with Gasteiger partial charge in [-0.3, -0.25) is 9.69 Å². The van der Waals surface area contributed by atoms with Crippen LogP contribution in [0, 0.1) is 25.2 Å². The number of nitrogens with zero attached hydrogens (tertiary/aromatic N) is 7. The Hall–Kier alpha value is -4.34. The Morgan fingerprint density at radius 2 is 1.96 bits per heavy atom. The van der Waals surface area contributed by atoms with E-state index in [0.717, 1.165) is 16.9 Å². The molecule has 250 valence electrons. The zero-order chi connectivity index (χ0) is 33.7. The highest BCUT2D eigenvalue weighted by Crippen LogP contribution is 2.33. The third-order valence-corrected chi connectivity index (χ3v) is 9.17. The maximum atomic E-state index is 14.0. The molecule has 2 aromatic carbocycles. The van der Waals surface area contributed by atoms with E-state index < -0.39 is 18.0 Å². The lowest BCUT2D eigenvalue weighted by atomic mass is 10.0. The molecule has 1 amide bonds. The molecular weight excluding hydrogens is 604 g/mol. The van der Waals surface area contributed by atoms with Gasteiger partial charge in [-0.1, -0.05) is 36.4 Å². The van der Waals surface area contributed by atoms with Crippen molar-refractivity contribution >= 4 is 28.2 Å². The van der Waals surface area contributed by atoms with Gasteiger partial charge in [-0.05, 0) is 44.3 Å². The third-order valence-electron chi connectivity index (χ3n) is 9.17. The second kappa shape index (κ2) is 14.6. The van der Waals surface area contributed by atoms with E-state index in [1.165, 1.54) is 28.5 Å². The first-order valence-electron chi connectivity index (χ1n) is 16.0. The number of benzene rings is 2. The zero-order valence-electron chi connectivity index (χ0n) is 27.5. The lowest BCUT2D eigenvalue weighted by Gasteiger charge is -2.41. The number of piperazine rings is 1. The summed E-state index contributed by atoms with van der Waals surface area (Å²) in [4.78, 5) is 29.9. The van der Waals surface area contributed by atoms with Crippen LogP contribution < -0.4 is 14.5 Å². The number of alkyl halides is 2. The lowest BCUT2D eigenvalue weighted by molar-refractivity contribution is -0.128. The van der Waals surface area contributed by atoms with Crippen LogP contribution in [0.25, 0.3) is 10.8 Å². The SMILES string of the molecule is Cc1nc(OC[C@@H]2CC(F)(F)CN2C)nc(N2CCN(C(=O)/C=C/CO)[C@@H](CC#N)C2)c1CCN(C)c1cccc2cccc(C)c12. The highest BCUT2D eigenvalue weighted by molar-refractivity contribution is 5.96. The molecule has 2 atom stereocenters. The number of rotatable bonds is 11. The number of ether oxygens (including phenoxy) is 1. The maximum absolute atomic E-state index is 14.0. The number of carbonyl (C=O) groups excluding carboxylic acids is 1. The first kappa shape index (κ1) is 34.0. The highest BCUT2D eigenvalue weighted by atomic mass is 19.3. The van der Waals surface area contributed by atoms with Gasteiger partial charge >= 0.3 is 6.01 Å². The summed E-state index contributed by atoms with van der Waals surface area (Å²) in [5.41, 5.74) is 3.96. The number of likely N-dealkylation sites (tertiary alicyclic amines) is 1. The number of amides is 1. The molecule has 10 nitrogen and oxygen atoms in total. The summed E-state index contributed by atoms with van der Waals surface area (Å²) in [6, 6.07) is 14.0. The van der Waals surface area contributed by atoms with Gasteiger partial charge in [0.25, 0.3) is 5.92 Å². The number of likely N-dealkylation sites (N-methyl/N-ethyl adjacent to an activating group) is 2. The van der Waals surface area contributed by atoms with E-state index in [-0.39, 0.29) is 44.5 Å². The predicted molar refractivity (Wildman–Crippen MR) is 178 cm³/mol. The van der Waals surface area contributed by atoms with Crippen LogP contribution in [0.15, 0.2) is 48.6 Å². The van der Waals surface area contributed by atoms with Gasteiger partial charge in [0, 0.05) is 74.1 Å². The molecule has 2 saturated heterocycles. The monoisotopic (exact) mass is 647 g/mol. The van der Waals surface area contributed by atoms with Crippen molar-refractivity contribution in [2.75, 3.05) is 69.8 Å². The summed E-state index contributed by atoms with van der Waals surface area (Å²) in [6.45, 7) is 5.33. The molecule has 47 heavy (non-hydrogen) atoms. The van der Waals surface area contributed by atoms with Crippen LogP contribution in [0.4, 0.5) is 20.3 Å². The number of hydrogen-bond acceptors (Lipinski definition) is 9. The standard InChI is InChI=1S/C35H43F2N7O3/c1-24-8-5-9-26-10-6-11-30(32(24)26)41(3)16-14-29-25(2)39-34(47-22-28-20-35(36,37)23-42(28)4)40-33(29)43-17-18-44(27(21-43)13-15-38)31(46)12-7-19-45/h5-12,27-28,45H,13-14,16-23H2,1-4H3/b12-7+/t27-,28-/m0/s1. The molecular formula is C35H43F2N7O3. The van der Waals surface area contributed by atoms with Crippen molar-refractivity contribution in [1.82, 2.24) is 19.8 Å². The molecule has 2 aliphatic heterocycles. The van der Waals surface area contributed by atoms with E-state index in [9.17, 15) is 18.8 Å². The minimum atomic E-state index is -2.76. The van der Waals surface area contributed by atoms with Gasteiger partial charge in [0.05, 0.1) is 31.7 Å². The lowest BCUT2D eigenvalue weighted by Crippen LogP contribution is -2.55. The second-order valence-corrected chi connectivity index (χ2v) is 12.5. The first-order chi connectivity index (χ1) is 22.5. The number of halogens is 2. The minimum Gasteiger partial charge on any atom is -0.462 e. The fraction of sp³-hybridized carbons (Fsp3) is 0.486. The molecule has 0 bridgehead atoms. The van der Waals surface area contributed by atoms with Gasteiger partial charge in [0.15, 0.2) is 0 Å². The first-order valence-corrected chi connectivity index (χ1v) is 16.0. The van der Waals surface area contributed by atoms with Crippen LogP contribution in [0.5, 0.6) is 6.01 Å². The van der Waals surface area contributed by atoms with Gasteiger partial charge in [-0.2, -0.15) is 10.2 Å². The number of aliphatic hydroxyl groups excluding tert-OH is 1. The molecule has 12 heteroatoms. The van der Waals surface area contributed by atoms with Crippen molar-refractivity contribution in [3.8, 4) is 12.1 Å². The highest BCUT2D eigenvalue weighted by Gasteiger charge is 2.43. The molecule has 0 aliphatic carbocycles. The van der Waals surface area contributed by atoms with Crippen molar-refractivity contribution in [1.29, 1.82) is 5.26 Å². The molecule has 1 aromatic heterocycles. The predicted octanol–water partition coefficient (Wildman–Crippen LogP) is 4.12. The summed E-state index contributed by atoms with van der Waals surface area (Å²) < 4.78 is 34.0. The summed E-state index contributed by atoms with van der Waals surface area (Å²) in [6.07, 6.45) is 3.17. The topological polar surface area (TPSA) is 109 Å². The number of aryl methyl sites for hydroxylation is 2. The summed E-state index contributed by atoms with van der Waals surface area (Å²) >= 11 is 0. The molecule has 0 spiro atoms. The van der Waals surface area contributed by atoms with E-state index in [4.69, 9.17) is 14.8 Å². The van der Waals surface area contributed by atoms with Gasteiger partial charge in [0.1, 0.15) is 12.4 Å². The van der Waals surface area contributed by atoms with Gasteiger partial charge in [-0.25, -0.2) is 13.8 Å². The number of aliphatic hydroxyl groups is 1.